The van der Waals surface area contributed by atoms with Crippen molar-refractivity contribution in [3.63, 3.8) is 0 Å². The molecule has 1 unspecified atom stereocenters. The van der Waals surface area contributed by atoms with Gasteiger partial charge in [-0.25, -0.2) is 0 Å². The van der Waals surface area contributed by atoms with Crippen LogP contribution in [0.4, 0.5) is 5.69 Å². The molecule has 0 radical (unpaired) electrons. The smallest absolute Gasteiger partial charge is 0.0737 e. The number of pyridine rings is 1. The lowest BCUT2D eigenvalue weighted by atomic mass is 10.1. The molecule has 0 aliphatic carbocycles. The van der Waals surface area contributed by atoms with Gasteiger partial charge in [0.2, 0.25) is 0 Å². The first-order chi connectivity index (χ1) is 12.0. The largest absolute Gasteiger partial charge is 0.382 e. The summed E-state index contributed by atoms with van der Waals surface area (Å²) in [5, 5.41) is 5.47. The molecule has 1 aromatic carbocycles. The Bertz CT molecular complexity index is 638. The van der Waals surface area contributed by atoms with E-state index < -0.39 is 0 Å². The normalized spacial score (nSPS) is 11.8. The lowest BCUT2D eigenvalue weighted by Gasteiger charge is -2.20. The van der Waals surface area contributed by atoms with Crippen LogP contribution in [0.15, 0.2) is 43.1 Å². The molecule has 1 atom stereocenters. The second-order valence-corrected chi connectivity index (χ2v) is 6.58. The van der Waals surface area contributed by atoms with Crippen LogP contribution in [0.3, 0.4) is 0 Å². The highest BCUT2D eigenvalue weighted by Gasteiger charge is 2.07. The van der Waals surface area contributed by atoms with Crippen LogP contribution in [0.1, 0.15) is 40.5 Å². The molecule has 1 aromatic heterocycles. The Labute approximate surface area is 158 Å². The molecule has 1 heterocycles. The van der Waals surface area contributed by atoms with Crippen molar-refractivity contribution in [3.05, 3.63) is 48.1 Å². The predicted molar refractivity (Wildman–Crippen MR) is 113 cm³/mol. The molecule has 0 saturated heterocycles. The first-order valence-corrected chi connectivity index (χ1v) is 9.53. The molecule has 0 spiro atoms. The monoisotopic (exact) mass is 361 g/mol. The minimum atomic E-state index is 0.442. The summed E-state index contributed by atoms with van der Waals surface area (Å²) in [6, 6.07) is 8.35. The Morgan fingerprint density at radius 2 is 1.96 bits per heavy atom. The molecule has 138 valence electrons. The zero-order valence-corrected chi connectivity index (χ0v) is 16.8. The Balaban J connectivity index is 0.000000970. The molecule has 0 aliphatic heterocycles. The van der Waals surface area contributed by atoms with Gasteiger partial charge in [0.15, 0.2) is 0 Å². The van der Waals surface area contributed by atoms with Crippen molar-refractivity contribution in [1.29, 1.82) is 0 Å². The van der Waals surface area contributed by atoms with Crippen molar-refractivity contribution >= 4 is 28.2 Å². The number of halogens is 1. The molecule has 0 bridgehead atoms. The molecular weight excluding hydrogens is 330 g/mol. The molecule has 0 fully saturated rings. The molecule has 25 heavy (non-hydrogen) atoms. The summed E-state index contributed by atoms with van der Waals surface area (Å²) in [6.07, 6.45) is 5.96. The van der Waals surface area contributed by atoms with Gasteiger partial charge in [-0.15, -0.1) is 6.58 Å². The number of nitrogens with one attached hydrogen (secondary N) is 1. The fraction of sp³-hybridized carbons (Fsp3) is 0.476. The minimum Gasteiger partial charge on any atom is -0.382 e. The van der Waals surface area contributed by atoms with Gasteiger partial charge in [-0.05, 0) is 70.6 Å². The number of fused-ring (bicyclic) bond motifs is 1. The summed E-state index contributed by atoms with van der Waals surface area (Å²) in [5.41, 5.74) is 2.07. The molecule has 4 heteroatoms. The number of hydrogen-bond donors (Lipinski definition) is 1. The van der Waals surface area contributed by atoms with Gasteiger partial charge in [-0.3, -0.25) is 4.98 Å². The van der Waals surface area contributed by atoms with Gasteiger partial charge in [0.1, 0.15) is 0 Å². The summed E-state index contributed by atoms with van der Waals surface area (Å²) in [6.45, 7) is 15.4. The SMILES string of the molecule is C=CC.CCN(CC)CCCC(C)Nc1ccnc2cc(Cl)ccc12. The van der Waals surface area contributed by atoms with Crippen molar-refractivity contribution < 1.29 is 0 Å². The van der Waals surface area contributed by atoms with E-state index in [1.807, 2.05) is 37.4 Å². The third-order valence-electron chi connectivity index (χ3n) is 4.11. The number of aromatic nitrogens is 1. The van der Waals surface area contributed by atoms with E-state index in [4.69, 9.17) is 11.6 Å². The highest BCUT2D eigenvalue weighted by Crippen LogP contribution is 2.25. The zero-order chi connectivity index (χ0) is 18.7. The molecular formula is C21H32ClN3. The van der Waals surface area contributed by atoms with E-state index in [2.05, 4.69) is 42.6 Å². The number of anilines is 1. The van der Waals surface area contributed by atoms with Crippen molar-refractivity contribution in [3.8, 4) is 0 Å². The predicted octanol–water partition coefficient (Wildman–Crippen LogP) is 6.00. The minimum absolute atomic E-state index is 0.442. The van der Waals surface area contributed by atoms with Crippen LogP contribution in [0, 0.1) is 0 Å². The van der Waals surface area contributed by atoms with Gasteiger partial charge in [-0.1, -0.05) is 31.5 Å². The van der Waals surface area contributed by atoms with Crippen LogP contribution in [0.5, 0.6) is 0 Å². The van der Waals surface area contributed by atoms with E-state index in [1.54, 1.807) is 6.08 Å². The average Bonchev–Trinajstić information content (AvgIpc) is 2.59. The lowest BCUT2D eigenvalue weighted by molar-refractivity contribution is 0.295. The Morgan fingerprint density at radius 1 is 1.28 bits per heavy atom. The third-order valence-corrected chi connectivity index (χ3v) is 4.35. The van der Waals surface area contributed by atoms with Crippen LogP contribution in [-0.4, -0.2) is 35.6 Å². The molecule has 2 aromatic rings. The van der Waals surface area contributed by atoms with Gasteiger partial charge in [0.05, 0.1) is 5.52 Å². The second-order valence-electron chi connectivity index (χ2n) is 6.14. The van der Waals surface area contributed by atoms with Crippen LogP contribution in [-0.2, 0) is 0 Å². The van der Waals surface area contributed by atoms with E-state index in [1.165, 1.54) is 13.0 Å². The fourth-order valence-electron chi connectivity index (χ4n) is 2.75. The Morgan fingerprint density at radius 3 is 2.60 bits per heavy atom. The molecule has 0 amide bonds. The lowest BCUT2D eigenvalue weighted by Crippen LogP contribution is -2.25. The first-order valence-electron chi connectivity index (χ1n) is 9.15. The van der Waals surface area contributed by atoms with Crippen LogP contribution in [0.25, 0.3) is 10.9 Å². The van der Waals surface area contributed by atoms with Crippen molar-refractivity contribution in [2.24, 2.45) is 0 Å². The topological polar surface area (TPSA) is 28.2 Å². The fourth-order valence-corrected chi connectivity index (χ4v) is 2.91. The van der Waals surface area contributed by atoms with Crippen LogP contribution >= 0.6 is 11.6 Å². The van der Waals surface area contributed by atoms with Crippen LogP contribution < -0.4 is 5.32 Å². The maximum absolute atomic E-state index is 6.04. The van der Waals surface area contributed by atoms with Gasteiger partial charge >= 0.3 is 0 Å². The van der Waals surface area contributed by atoms with E-state index in [0.29, 0.717) is 6.04 Å². The van der Waals surface area contributed by atoms with Crippen LogP contribution in [0.2, 0.25) is 5.02 Å². The average molecular weight is 362 g/mol. The molecule has 0 saturated carbocycles. The van der Waals surface area contributed by atoms with E-state index in [0.717, 1.165) is 41.1 Å². The van der Waals surface area contributed by atoms with Crippen molar-refractivity contribution in [2.45, 2.75) is 46.6 Å². The summed E-state index contributed by atoms with van der Waals surface area (Å²) < 4.78 is 0. The highest BCUT2D eigenvalue weighted by molar-refractivity contribution is 6.31. The van der Waals surface area contributed by atoms with Crippen molar-refractivity contribution in [1.82, 2.24) is 9.88 Å². The van der Waals surface area contributed by atoms with Gasteiger partial charge < -0.3 is 10.2 Å². The van der Waals surface area contributed by atoms with Gasteiger partial charge in [0, 0.05) is 28.3 Å². The molecule has 0 aliphatic rings. The van der Waals surface area contributed by atoms with E-state index in [-0.39, 0.29) is 0 Å². The second kappa shape index (κ2) is 11.9. The Hall–Kier alpha value is -1.58. The number of benzene rings is 1. The first kappa shape index (κ1) is 21.5. The van der Waals surface area contributed by atoms with Gasteiger partial charge in [-0.2, -0.15) is 0 Å². The van der Waals surface area contributed by atoms with Gasteiger partial charge in [0.25, 0.3) is 0 Å². The number of allylic oxidation sites excluding steroid dienone is 1. The molecule has 1 N–H and O–H groups in total. The van der Waals surface area contributed by atoms with E-state index in [9.17, 15) is 0 Å². The quantitative estimate of drug-likeness (QED) is 0.584. The summed E-state index contributed by atoms with van der Waals surface area (Å²) in [4.78, 5) is 6.86. The molecule has 3 nitrogen and oxygen atoms in total. The Kier molecular flexibility index (Phi) is 10.2. The summed E-state index contributed by atoms with van der Waals surface area (Å²) >= 11 is 6.04. The zero-order valence-electron chi connectivity index (χ0n) is 16.1. The number of hydrogen-bond acceptors (Lipinski definition) is 3. The third kappa shape index (κ3) is 7.45. The standard InChI is InChI=1S/C18H26ClN3.C3H6/c1-4-22(5-2)12-6-7-14(3)21-17-10-11-20-18-13-15(19)8-9-16(17)18;1-3-2/h8-11,13-14H,4-7,12H2,1-3H3,(H,20,21);3H,1H2,2H3. The molecule has 2 rings (SSSR count). The number of nitrogens with zero attached hydrogens (tertiary/aromatic N) is 2. The summed E-state index contributed by atoms with van der Waals surface area (Å²) in [7, 11) is 0. The maximum atomic E-state index is 6.04. The van der Waals surface area contributed by atoms with Crippen molar-refractivity contribution in [2.75, 3.05) is 25.0 Å². The van der Waals surface area contributed by atoms with E-state index >= 15 is 0 Å². The summed E-state index contributed by atoms with van der Waals surface area (Å²) in [5.74, 6) is 0. The highest BCUT2D eigenvalue weighted by atomic mass is 35.5. The number of rotatable bonds is 8. The maximum Gasteiger partial charge on any atom is 0.0737 e.